The van der Waals surface area contributed by atoms with Crippen LogP contribution in [0, 0.1) is 5.92 Å². The van der Waals surface area contributed by atoms with Crippen LogP contribution in [-0.4, -0.2) is 29.3 Å². The molecule has 0 aliphatic carbocycles. The van der Waals surface area contributed by atoms with E-state index in [2.05, 4.69) is 0 Å². The van der Waals surface area contributed by atoms with Crippen LogP contribution in [-0.2, 0) is 9.53 Å². The number of nitrogens with two attached hydrogens (primary N) is 1. The molecule has 0 bridgehead atoms. The molecule has 0 aliphatic rings. The molecule has 4 nitrogen and oxygen atoms in total. The number of aliphatic hydroxyl groups excluding tert-OH is 1. The van der Waals surface area contributed by atoms with Crippen molar-refractivity contribution in [2.75, 3.05) is 0 Å². The number of hydrogen-bond donors (Lipinski definition) is 2. The number of esters is 1. The van der Waals surface area contributed by atoms with Gasteiger partial charge in [0.1, 0.15) is 6.04 Å². The number of rotatable bonds is 4. The fourth-order valence-corrected chi connectivity index (χ4v) is 0.865. The van der Waals surface area contributed by atoms with Gasteiger partial charge < -0.3 is 15.6 Å². The minimum absolute atomic E-state index is 0. The van der Waals surface area contributed by atoms with Crippen LogP contribution in [0.5, 0.6) is 0 Å². The van der Waals surface area contributed by atoms with Crippen LogP contribution in [0.25, 0.3) is 0 Å². The van der Waals surface area contributed by atoms with Crippen molar-refractivity contribution < 1.29 is 14.6 Å². The first kappa shape index (κ1) is 16.1. The molecule has 5 heteroatoms. The van der Waals surface area contributed by atoms with Gasteiger partial charge in [0.05, 0.1) is 12.2 Å². The number of halogens is 1. The average molecular weight is 226 g/mol. The fourth-order valence-electron chi connectivity index (χ4n) is 0.865. The molecule has 0 aromatic carbocycles. The van der Waals surface area contributed by atoms with E-state index < -0.39 is 18.1 Å². The molecule has 0 fully saturated rings. The van der Waals surface area contributed by atoms with E-state index in [1.54, 1.807) is 27.7 Å². The van der Waals surface area contributed by atoms with Crippen molar-refractivity contribution >= 4 is 18.4 Å². The summed E-state index contributed by atoms with van der Waals surface area (Å²) in [5.74, 6) is -0.592. The number of hydrogen-bond acceptors (Lipinski definition) is 4. The maximum absolute atomic E-state index is 11.2. The molecule has 0 unspecified atom stereocenters. The summed E-state index contributed by atoms with van der Waals surface area (Å²) in [5, 5.41) is 9.45. The van der Waals surface area contributed by atoms with E-state index in [9.17, 15) is 9.90 Å². The van der Waals surface area contributed by atoms with Crippen molar-refractivity contribution in [3.05, 3.63) is 0 Å². The maximum Gasteiger partial charge on any atom is 0.325 e. The Morgan fingerprint density at radius 1 is 1.29 bits per heavy atom. The van der Waals surface area contributed by atoms with Crippen LogP contribution in [0.4, 0.5) is 0 Å². The predicted octanol–water partition coefficient (Wildman–Crippen LogP) is 0.704. The largest absolute Gasteiger partial charge is 0.462 e. The predicted molar refractivity (Wildman–Crippen MR) is 57.3 cm³/mol. The average Bonchev–Trinajstić information content (AvgIpc) is 2.00. The van der Waals surface area contributed by atoms with Gasteiger partial charge in [-0.1, -0.05) is 13.8 Å². The molecule has 0 amide bonds. The lowest BCUT2D eigenvalue weighted by atomic mass is 10.0. The van der Waals surface area contributed by atoms with Crippen LogP contribution in [0.2, 0.25) is 0 Å². The highest BCUT2D eigenvalue weighted by molar-refractivity contribution is 5.85. The summed E-state index contributed by atoms with van der Waals surface area (Å²) in [6, 6.07) is -0.942. The smallest absolute Gasteiger partial charge is 0.325 e. The summed E-state index contributed by atoms with van der Waals surface area (Å²) < 4.78 is 4.86. The van der Waals surface area contributed by atoms with Crippen LogP contribution >= 0.6 is 12.4 Å². The van der Waals surface area contributed by atoms with Crippen LogP contribution < -0.4 is 5.73 Å². The van der Waals surface area contributed by atoms with Crippen molar-refractivity contribution in [2.24, 2.45) is 11.7 Å². The van der Waals surface area contributed by atoms with Gasteiger partial charge in [-0.05, 0) is 19.8 Å². The summed E-state index contributed by atoms with van der Waals surface area (Å²) in [4.78, 5) is 11.2. The lowest BCUT2D eigenvalue weighted by Gasteiger charge is -2.21. The molecule has 14 heavy (non-hydrogen) atoms. The molecule has 2 atom stereocenters. The minimum Gasteiger partial charge on any atom is -0.462 e. The summed E-state index contributed by atoms with van der Waals surface area (Å²) in [6.45, 7) is 7.08. The van der Waals surface area contributed by atoms with Crippen molar-refractivity contribution in [3.8, 4) is 0 Å². The molecule has 3 N–H and O–H groups in total. The molecular weight excluding hydrogens is 206 g/mol. The van der Waals surface area contributed by atoms with Gasteiger partial charge in [0, 0.05) is 0 Å². The summed E-state index contributed by atoms with van der Waals surface area (Å²) in [5.41, 5.74) is 5.49. The molecule has 86 valence electrons. The van der Waals surface area contributed by atoms with Gasteiger partial charge in [0.25, 0.3) is 0 Å². The van der Waals surface area contributed by atoms with Crippen LogP contribution in [0.3, 0.4) is 0 Å². The van der Waals surface area contributed by atoms with Gasteiger partial charge in [0.2, 0.25) is 0 Å². The second kappa shape index (κ2) is 7.04. The first-order valence-electron chi connectivity index (χ1n) is 4.50. The third kappa shape index (κ3) is 5.42. The monoisotopic (exact) mass is 225 g/mol. The highest BCUT2D eigenvalue weighted by Gasteiger charge is 2.26. The molecular formula is C9H20ClNO3. The zero-order valence-electron chi connectivity index (χ0n) is 9.06. The number of ether oxygens (including phenoxy) is 1. The number of aliphatic hydroxyl groups is 1. The van der Waals surface area contributed by atoms with E-state index in [4.69, 9.17) is 10.5 Å². The number of carbonyl (C=O) groups excluding carboxylic acids is 1. The molecule has 0 spiro atoms. The van der Waals surface area contributed by atoms with Gasteiger partial charge in [-0.2, -0.15) is 0 Å². The minimum atomic E-state index is -0.942. The molecule has 0 aliphatic heterocycles. The zero-order valence-corrected chi connectivity index (χ0v) is 9.88. The first-order valence-corrected chi connectivity index (χ1v) is 4.50. The third-order valence-corrected chi connectivity index (χ3v) is 1.68. The topological polar surface area (TPSA) is 72.5 Å². The van der Waals surface area contributed by atoms with E-state index >= 15 is 0 Å². The standard InChI is InChI=1S/C9H19NO3.ClH/c1-5(2)8(11)7(10)9(12)13-6(3)4;/h5-8,11H,10H2,1-4H3;1H/t7-,8-;/m0./s1. The fraction of sp³-hybridized carbons (Fsp3) is 0.889. The molecule has 0 saturated heterocycles. The zero-order chi connectivity index (χ0) is 10.6. The SMILES string of the molecule is CC(C)OC(=O)[C@@H](N)[C@@H](O)C(C)C.Cl. The maximum atomic E-state index is 11.2. The highest BCUT2D eigenvalue weighted by Crippen LogP contribution is 2.06. The second-order valence-electron chi connectivity index (χ2n) is 3.75. The lowest BCUT2D eigenvalue weighted by Crippen LogP contribution is -2.46. The lowest BCUT2D eigenvalue weighted by molar-refractivity contribution is -0.152. The summed E-state index contributed by atoms with van der Waals surface area (Å²) in [6.07, 6.45) is -1.04. The van der Waals surface area contributed by atoms with E-state index in [-0.39, 0.29) is 24.4 Å². The van der Waals surface area contributed by atoms with Crippen molar-refractivity contribution in [3.63, 3.8) is 0 Å². The Hall–Kier alpha value is -0.320. The molecule has 0 aromatic rings. The molecule has 0 saturated carbocycles. The first-order chi connectivity index (χ1) is 5.86. The summed E-state index contributed by atoms with van der Waals surface area (Å²) in [7, 11) is 0. The third-order valence-electron chi connectivity index (χ3n) is 1.68. The Labute approximate surface area is 91.2 Å². The van der Waals surface area contributed by atoms with Crippen molar-refractivity contribution in [1.29, 1.82) is 0 Å². The van der Waals surface area contributed by atoms with E-state index in [1.165, 1.54) is 0 Å². The van der Waals surface area contributed by atoms with E-state index in [0.717, 1.165) is 0 Å². The van der Waals surface area contributed by atoms with Crippen LogP contribution in [0.15, 0.2) is 0 Å². The summed E-state index contributed by atoms with van der Waals surface area (Å²) >= 11 is 0. The second-order valence-corrected chi connectivity index (χ2v) is 3.75. The van der Waals surface area contributed by atoms with E-state index in [0.29, 0.717) is 0 Å². The molecule has 0 aromatic heterocycles. The quantitative estimate of drug-likeness (QED) is 0.691. The Morgan fingerprint density at radius 3 is 2.00 bits per heavy atom. The van der Waals surface area contributed by atoms with Crippen LogP contribution in [0.1, 0.15) is 27.7 Å². The Morgan fingerprint density at radius 2 is 1.71 bits per heavy atom. The van der Waals surface area contributed by atoms with Crippen molar-refractivity contribution in [1.82, 2.24) is 0 Å². The molecule has 0 radical (unpaired) electrons. The normalized spacial score (nSPS) is 14.9. The Bertz CT molecular complexity index is 173. The van der Waals surface area contributed by atoms with Gasteiger partial charge in [-0.15, -0.1) is 12.4 Å². The van der Waals surface area contributed by atoms with Crippen molar-refractivity contribution in [2.45, 2.75) is 45.9 Å². The molecule has 0 rings (SSSR count). The van der Waals surface area contributed by atoms with E-state index in [1.807, 2.05) is 0 Å². The van der Waals surface area contributed by atoms with Gasteiger partial charge in [-0.25, -0.2) is 0 Å². The Balaban J connectivity index is 0. The van der Waals surface area contributed by atoms with Gasteiger partial charge in [-0.3, -0.25) is 4.79 Å². The Kier molecular flexibility index (Phi) is 8.10. The highest BCUT2D eigenvalue weighted by atomic mass is 35.5. The molecule has 0 heterocycles. The van der Waals surface area contributed by atoms with Gasteiger partial charge in [0.15, 0.2) is 0 Å². The number of carbonyl (C=O) groups is 1. The van der Waals surface area contributed by atoms with Gasteiger partial charge >= 0.3 is 5.97 Å².